The van der Waals surface area contributed by atoms with Crippen molar-refractivity contribution in [3.05, 3.63) is 28.7 Å². The molecule has 2 unspecified atom stereocenters. The lowest BCUT2D eigenvalue weighted by Gasteiger charge is -2.42. The number of benzene rings is 1. The van der Waals surface area contributed by atoms with Crippen molar-refractivity contribution in [3.63, 3.8) is 0 Å². The predicted molar refractivity (Wildman–Crippen MR) is 80.4 cm³/mol. The molecule has 20 heavy (non-hydrogen) atoms. The summed E-state index contributed by atoms with van der Waals surface area (Å²) in [5.74, 6) is 0.154. The zero-order chi connectivity index (χ0) is 14.3. The average molecular weight is 337 g/mol. The summed E-state index contributed by atoms with van der Waals surface area (Å²) >= 11 is 3.43. The fourth-order valence-electron chi connectivity index (χ4n) is 3.19. The first kappa shape index (κ1) is 13.6. The fraction of sp³-hybridized carbons (Fsp3) is 0.467. The van der Waals surface area contributed by atoms with Crippen LogP contribution < -0.4 is 4.90 Å². The zero-order valence-corrected chi connectivity index (χ0v) is 13.0. The monoisotopic (exact) mass is 336 g/mol. The number of rotatable bonds is 2. The number of amides is 2. The molecule has 0 saturated carbocycles. The molecule has 2 aliphatic heterocycles. The molecule has 0 radical (unpaired) electrons. The highest BCUT2D eigenvalue weighted by Crippen LogP contribution is 2.32. The summed E-state index contributed by atoms with van der Waals surface area (Å²) in [6.07, 6.45) is 2.34. The Morgan fingerprint density at radius 3 is 2.80 bits per heavy atom. The smallest absolute Gasteiger partial charge is 0.250 e. The second kappa shape index (κ2) is 5.20. The number of halogens is 1. The van der Waals surface area contributed by atoms with Crippen molar-refractivity contribution < 1.29 is 9.59 Å². The van der Waals surface area contributed by atoms with E-state index in [-0.39, 0.29) is 23.9 Å². The first-order chi connectivity index (χ1) is 9.63. The molecule has 5 heteroatoms. The molecule has 2 aliphatic rings. The van der Waals surface area contributed by atoms with Crippen LogP contribution in [0.1, 0.15) is 26.2 Å². The van der Waals surface area contributed by atoms with Gasteiger partial charge in [-0.15, -0.1) is 0 Å². The van der Waals surface area contributed by atoms with E-state index in [2.05, 4.69) is 15.9 Å². The van der Waals surface area contributed by atoms with E-state index in [1.807, 2.05) is 31.2 Å². The lowest BCUT2D eigenvalue weighted by atomic mass is 10.0. The summed E-state index contributed by atoms with van der Waals surface area (Å²) in [6, 6.07) is 6.98. The van der Waals surface area contributed by atoms with Crippen molar-refractivity contribution in [1.29, 1.82) is 0 Å². The number of fused-ring (bicyclic) bond motifs is 1. The van der Waals surface area contributed by atoms with Gasteiger partial charge in [-0.05, 0) is 37.5 Å². The van der Waals surface area contributed by atoms with Gasteiger partial charge in [0, 0.05) is 16.7 Å². The SMILES string of the molecule is CCC1C(=O)N2CCCC2C(=O)N1c1cccc(Br)c1. The topological polar surface area (TPSA) is 40.6 Å². The van der Waals surface area contributed by atoms with Crippen molar-refractivity contribution in [3.8, 4) is 0 Å². The molecule has 2 fully saturated rings. The van der Waals surface area contributed by atoms with E-state index < -0.39 is 0 Å². The Bertz CT molecular complexity index is 561. The number of anilines is 1. The highest BCUT2D eigenvalue weighted by molar-refractivity contribution is 9.10. The summed E-state index contributed by atoms with van der Waals surface area (Å²) in [7, 11) is 0. The number of carbonyl (C=O) groups excluding carboxylic acids is 2. The van der Waals surface area contributed by atoms with Gasteiger partial charge in [0.25, 0.3) is 5.91 Å². The molecule has 4 nitrogen and oxygen atoms in total. The number of carbonyl (C=O) groups is 2. The molecular weight excluding hydrogens is 320 g/mol. The molecule has 106 valence electrons. The van der Waals surface area contributed by atoms with Gasteiger partial charge in [-0.3, -0.25) is 14.5 Å². The van der Waals surface area contributed by atoms with Gasteiger partial charge >= 0.3 is 0 Å². The van der Waals surface area contributed by atoms with Crippen molar-refractivity contribution in [1.82, 2.24) is 4.90 Å². The Labute approximate surface area is 126 Å². The summed E-state index contributed by atoms with van der Waals surface area (Å²) in [5, 5.41) is 0. The third kappa shape index (κ3) is 2.04. The van der Waals surface area contributed by atoms with E-state index in [1.54, 1.807) is 9.80 Å². The maximum absolute atomic E-state index is 12.8. The molecule has 2 atom stereocenters. The van der Waals surface area contributed by atoms with Gasteiger partial charge in [0.2, 0.25) is 5.91 Å². The average Bonchev–Trinajstić information content (AvgIpc) is 2.92. The van der Waals surface area contributed by atoms with E-state index in [9.17, 15) is 9.59 Å². The fourth-order valence-corrected chi connectivity index (χ4v) is 3.58. The molecule has 1 aromatic rings. The minimum Gasteiger partial charge on any atom is -0.329 e. The van der Waals surface area contributed by atoms with Gasteiger partial charge in [0.15, 0.2) is 0 Å². The molecule has 2 saturated heterocycles. The van der Waals surface area contributed by atoms with Crippen LogP contribution in [0.25, 0.3) is 0 Å². The van der Waals surface area contributed by atoms with Crippen LogP contribution in [0.4, 0.5) is 5.69 Å². The molecule has 3 rings (SSSR count). The summed E-state index contributed by atoms with van der Waals surface area (Å²) in [4.78, 5) is 28.8. The zero-order valence-electron chi connectivity index (χ0n) is 11.4. The maximum atomic E-state index is 12.8. The largest absolute Gasteiger partial charge is 0.329 e. The van der Waals surface area contributed by atoms with Crippen LogP contribution in [-0.4, -0.2) is 35.3 Å². The third-order valence-corrected chi connectivity index (χ3v) is 4.62. The number of hydrogen-bond donors (Lipinski definition) is 0. The van der Waals surface area contributed by atoms with E-state index in [0.29, 0.717) is 6.42 Å². The van der Waals surface area contributed by atoms with E-state index in [1.165, 1.54) is 0 Å². The molecule has 2 amide bonds. The number of piperazine rings is 1. The van der Waals surface area contributed by atoms with Crippen LogP contribution in [0, 0.1) is 0 Å². The first-order valence-corrected chi connectivity index (χ1v) is 7.82. The van der Waals surface area contributed by atoms with Gasteiger partial charge in [0.1, 0.15) is 12.1 Å². The van der Waals surface area contributed by atoms with Gasteiger partial charge in [-0.1, -0.05) is 28.9 Å². The van der Waals surface area contributed by atoms with Crippen molar-refractivity contribution in [2.75, 3.05) is 11.4 Å². The minimum atomic E-state index is -0.369. The Balaban J connectivity index is 2.03. The Morgan fingerprint density at radius 2 is 2.10 bits per heavy atom. The molecule has 0 spiro atoms. The molecule has 0 N–H and O–H groups in total. The van der Waals surface area contributed by atoms with Crippen LogP contribution >= 0.6 is 15.9 Å². The molecule has 1 aromatic carbocycles. The predicted octanol–water partition coefficient (Wildman–Crippen LogP) is 2.57. The van der Waals surface area contributed by atoms with Crippen LogP contribution in [0.5, 0.6) is 0 Å². The summed E-state index contributed by atoms with van der Waals surface area (Å²) in [5.41, 5.74) is 0.802. The van der Waals surface area contributed by atoms with Crippen molar-refractivity contribution >= 4 is 33.4 Å². The quantitative estimate of drug-likeness (QED) is 0.832. The Morgan fingerprint density at radius 1 is 1.30 bits per heavy atom. The molecule has 0 aliphatic carbocycles. The van der Waals surface area contributed by atoms with E-state index >= 15 is 0 Å². The second-order valence-electron chi connectivity index (χ2n) is 5.30. The van der Waals surface area contributed by atoms with Gasteiger partial charge < -0.3 is 4.90 Å². The van der Waals surface area contributed by atoms with Crippen molar-refractivity contribution in [2.45, 2.75) is 38.3 Å². The summed E-state index contributed by atoms with van der Waals surface area (Å²) in [6.45, 7) is 2.68. The molecular formula is C15H17BrN2O2. The van der Waals surface area contributed by atoms with Crippen LogP contribution in [0.2, 0.25) is 0 Å². The van der Waals surface area contributed by atoms with Gasteiger partial charge in [-0.25, -0.2) is 0 Å². The number of hydrogen-bond acceptors (Lipinski definition) is 2. The first-order valence-electron chi connectivity index (χ1n) is 7.02. The highest BCUT2D eigenvalue weighted by atomic mass is 79.9. The van der Waals surface area contributed by atoms with Crippen LogP contribution in [0.3, 0.4) is 0 Å². The maximum Gasteiger partial charge on any atom is 0.250 e. The summed E-state index contributed by atoms with van der Waals surface area (Å²) < 4.78 is 0.916. The van der Waals surface area contributed by atoms with E-state index in [4.69, 9.17) is 0 Å². The Kier molecular flexibility index (Phi) is 3.54. The normalized spacial score (nSPS) is 26.1. The molecule has 0 bridgehead atoms. The van der Waals surface area contributed by atoms with Gasteiger partial charge in [0.05, 0.1) is 0 Å². The molecule has 0 aromatic heterocycles. The standard InChI is InChI=1S/C15H17BrN2O2/c1-2-12-14(19)17-8-4-7-13(17)15(20)18(12)11-6-3-5-10(16)9-11/h3,5-6,9,12-13H,2,4,7-8H2,1H3. The third-order valence-electron chi connectivity index (χ3n) is 4.13. The lowest BCUT2D eigenvalue weighted by molar-refractivity contribution is -0.144. The highest BCUT2D eigenvalue weighted by Gasteiger charge is 2.47. The van der Waals surface area contributed by atoms with E-state index in [0.717, 1.165) is 29.5 Å². The van der Waals surface area contributed by atoms with Crippen LogP contribution in [-0.2, 0) is 9.59 Å². The van der Waals surface area contributed by atoms with Crippen molar-refractivity contribution in [2.24, 2.45) is 0 Å². The molecule has 2 heterocycles. The number of nitrogens with zero attached hydrogens (tertiary/aromatic N) is 2. The van der Waals surface area contributed by atoms with Gasteiger partial charge in [-0.2, -0.15) is 0 Å². The Hall–Kier alpha value is -1.36. The van der Waals surface area contributed by atoms with Crippen LogP contribution in [0.15, 0.2) is 28.7 Å². The lowest BCUT2D eigenvalue weighted by Crippen LogP contribution is -2.63. The minimum absolute atomic E-state index is 0.0621. The second-order valence-corrected chi connectivity index (χ2v) is 6.22.